The zero-order chi connectivity index (χ0) is 6.81. The van der Waals surface area contributed by atoms with E-state index in [2.05, 4.69) is 15.5 Å². The zero-order valence-electron chi connectivity index (χ0n) is 6.27. The summed E-state index contributed by atoms with van der Waals surface area (Å²) in [6.45, 7) is 4.89. The van der Waals surface area contributed by atoms with Crippen LogP contribution in [0.1, 0.15) is 12.8 Å². The number of fused-ring (bicyclic) bond motifs is 1. The van der Waals surface area contributed by atoms with Gasteiger partial charge in [-0.05, 0) is 25.9 Å². The van der Waals surface area contributed by atoms with Gasteiger partial charge in [-0.25, -0.2) is 0 Å². The van der Waals surface area contributed by atoms with Crippen LogP contribution in [0.25, 0.3) is 0 Å². The number of nitrogens with one attached hydrogen (secondary N) is 2. The lowest BCUT2D eigenvalue weighted by Gasteiger charge is -2.40. The molecule has 3 nitrogen and oxygen atoms in total. The van der Waals surface area contributed by atoms with Crippen molar-refractivity contribution >= 4 is 0 Å². The summed E-state index contributed by atoms with van der Waals surface area (Å²) in [5.74, 6) is 0. The molecule has 10 heavy (non-hydrogen) atoms. The van der Waals surface area contributed by atoms with E-state index in [1.807, 2.05) is 0 Å². The van der Waals surface area contributed by atoms with E-state index in [0.29, 0.717) is 6.29 Å². The lowest BCUT2D eigenvalue weighted by Crippen LogP contribution is -2.62. The molecule has 0 spiro atoms. The van der Waals surface area contributed by atoms with Crippen molar-refractivity contribution in [3.63, 3.8) is 0 Å². The zero-order valence-corrected chi connectivity index (χ0v) is 6.27. The predicted molar refractivity (Wildman–Crippen MR) is 40.6 cm³/mol. The molecule has 0 bridgehead atoms. The summed E-state index contributed by atoms with van der Waals surface area (Å²) in [5, 5.41) is 6.87. The van der Waals surface area contributed by atoms with Crippen LogP contribution in [-0.2, 0) is 0 Å². The van der Waals surface area contributed by atoms with Crippen molar-refractivity contribution in [2.24, 2.45) is 0 Å². The highest BCUT2D eigenvalue weighted by molar-refractivity contribution is 4.77. The summed E-state index contributed by atoms with van der Waals surface area (Å²) in [4.78, 5) is 2.48. The minimum atomic E-state index is 0.488. The van der Waals surface area contributed by atoms with E-state index >= 15 is 0 Å². The molecule has 0 saturated carbocycles. The van der Waals surface area contributed by atoms with E-state index in [1.165, 1.54) is 39.0 Å². The van der Waals surface area contributed by atoms with Gasteiger partial charge in [0.1, 0.15) is 6.29 Å². The molecule has 0 aromatic carbocycles. The smallest absolute Gasteiger partial charge is 0.114 e. The molecule has 2 heterocycles. The Hall–Kier alpha value is -0.120. The third-order valence-corrected chi connectivity index (χ3v) is 2.28. The Kier molecular flexibility index (Phi) is 1.88. The number of rotatable bonds is 0. The summed E-state index contributed by atoms with van der Waals surface area (Å²) in [7, 11) is 0. The van der Waals surface area contributed by atoms with Gasteiger partial charge in [0, 0.05) is 13.1 Å². The van der Waals surface area contributed by atoms with Crippen molar-refractivity contribution in [1.29, 1.82) is 0 Å². The van der Waals surface area contributed by atoms with Gasteiger partial charge in [-0.15, -0.1) is 0 Å². The molecule has 2 aliphatic heterocycles. The van der Waals surface area contributed by atoms with Crippen LogP contribution in [0.3, 0.4) is 0 Å². The number of nitrogens with zero attached hydrogens (tertiary/aromatic N) is 1. The van der Waals surface area contributed by atoms with Crippen molar-refractivity contribution in [3.05, 3.63) is 0 Å². The summed E-state index contributed by atoms with van der Waals surface area (Å²) < 4.78 is 0. The van der Waals surface area contributed by atoms with Crippen LogP contribution in [0, 0.1) is 0 Å². The van der Waals surface area contributed by atoms with Crippen molar-refractivity contribution in [2.45, 2.75) is 19.1 Å². The SMILES string of the molecule is C1CNC2NCCCN2C1. The average Bonchev–Trinajstić information content (AvgIpc) is 2.05. The predicted octanol–water partition coefficient (Wildman–Crippen LogP) is -0.441. The molecule has 2 saturated heterocycles. The van der Waals surface area contributed by atoms with E-state index in [0.717, 1.165) is 0 Å². The molecule has 3 heteroatoms. The minimum absolute atomic E-state index is 0.488. The molecule has 2 aliphatic rings. The maximum Gasteiger partial charge on any atom is 0.114 e. The fraction of sp³-hybridized carbons (Fsp3) is 1.00. The summed E-state index contributed by atoms with van der Waals surface area (Å²) >= 11 is 0. The monoisotopic (exact) mass is 141 g/mol. The van der Waals surface area contributed by atoms with Crippen LogP contribution in [0.5, 0.6) is 0 Å². The Bertz CT molecular complexity index is 89.4. The molecule has 58 valence electrons. The molecule has 0 aromatic heterocycles. The Balaban J connectivity index is 1.93. The molecule has 2 N–H and O–H groups in total. The highest BCUT2D eigenvalue weighted by Gasteiger charge is 2.23. The molecule has 2 rings (SSSR count). The number of hydrogen-bond donors (Lipinski definition) is 2. The van der Waals surface area contributed by atoms with E-state index < -0.39 is 0 Å². The maximum absolute atomic E-state index is 3.44. The highest BCUT2D eigenvalue weighted by atomic mass is 15.4. The van der Waals surface area contributed by atoms with Crippen molar-refractivity contribution < 1.29 is 0 Å². The van der Waals surface area contributed by atoms with Gasteiger partial charge in [-0.1, -0.05) is 0 Å². The first-order valence-corrected chi connectivity index (χ1v) is 4.18. The second kappa shape index (κ2) is 2.86. The normalized spacial score (nSPS) is 30.0. The first-order chi connectivity index (χ1) is 4.97. The molecule has 0 aliphatic carbocycles. The molecule has 2 fully saturated rings. The lowest BCUT2D eigenvalue weighted by atomic mass is 10.2. The first-order valence-electron chi connectivity index (χ1n) is 4.18. The Labute approximate surface area is 61.8 Å². The molecule has 0 amide bonds. The van der Waals surface area contributed by atoms with E-state index in [9.17, 15) is 0 Å². The van der Waals surface area contributed by atoms with Gasteiger partial charge < -0.3 is 0 Å². The summed E-state index contributed by atoms with van der Waals surface area (Å²) in [6.07, 6.45) is 3.10. The minimum Gasteiger partial charge on any atom is -0.289 e. The Morgan fingerprint density at radius 1 is 1.00 bits per heavy atom. The van der Waals surface area contributed by atoms with Gasteiger partial charge in [0.15, 0.2) is 0 Å². The van der Waals surface area contributed by atoms with Crippen LogP contribution in [0.15, 0.2) is 0 Å². The quantitative estimate of drug-likeness (QED) is 0.479. The molecular formula is C7H15N3. The first kappa shape index (κ1) is 6.58. The maximum atomic E-state index is 3.44. The van der Waals surface area contributed by atoms with Crippen molar-refractivity contribution in [2.75, 3.05) is 26.2 Å². The highest BCUT2D eigenvalue weighted by Crippen LogP contribution is 2.06. The van der Waals surface area contributed by atoms with Crippen LogP contribution in [0.4, 0.5) is 0 Å². The third kappa shape index (κ3) is 1.17. The van der Waals surface area contributed by atoms with Crippen LogP contribution in [-0.4, -0.2) is 37.4 Å². The van der Waals surface area contributed by atoms with E-state index in [1.54, 1.807) is 0 Å². The van der Waals surface area contributed by atoms with Crippen LogP contribution >= 0.6 is 0 Å². The lowest BCUT2D eigenvalue weighted by molar-refractivity contribution is 0.0762. The Morgan fingerprint density at radius 3 is 2.10 bits per heavy atom. The van der Waals surface area contributed by atoms with Crippen LogP contribution < -0.4 is 10.6 Å². The fourth-order valence-electron chi connectivity index (χ4n) is 1.74. The van der Waals surface area contributed by atoms with Crippen molar-refractivity contribution in [1.82, 2.24) is 15.5 Å². The topological polar surface area (TPSA) is 27.3 Å². The summed E-state index contributed by atoms with van der Waals surface area (Å²) in [5.41, 5.74) is 0. The largest absolute Gasteiger partial charge is 0.289 e. The van der Waals surface area contributed by atoms with E-state index in [-0.39, 0.29) is 0 Å². The molecular weight excluding hydrogens is 126 g/mol. The Morgan fingerprint density at radius 2 is 1.60 bits per heavy atom. The van der Waals surface area contributed by atoms with Crippen molar-refractivity contribution in [3.8, 4) is 0 Å². The van der Waals surface area contributed by atoms with Gasteiger partial charge in [0.05, 0.1) is 0 Å². The average molecular weight is 141 g/mol. The second-order valence-electron chi connectivity index (χ2n) is 3.05. The third-order valence-electron chi connectivity index (χ3n) is 2.28. The molecule has 0 atom stereocenters. The van der Waals surface area contributed by atoms with Gasteiger partial charge in [0.25, 0.3) is 0 Å². The summed E-state index contributed by atoms with van der Waals surface area (Å²) in [6, 6.07) is 0. The second-order valence-corrected chi connectivity index (χ2v) is 3.05. The molecule has 0 aromatic rings. The standard InChI is InChI=1S/C7H15N3/c1-3-8-7-9-4-2-6-10(7)5-1/h7-9H,1-6H2. The molecule has 0 radical (unpaired) electrons. The molecule has 0 unspecified atom stereocenters. The van der Waals surface area contributed by atoms with Gasteiger partial charge >= 0.3 is 0 Å². The van der Waals surface area contributed by atoms with E-state index in [4.69, 9.17) is 0 Å². The van der Waals surface area contributed by atoms with Crippen LogP contribution in [0.2, 0.25) is 0 Å². The number of hydrogen-bond acceptors (Lipinski definition) is 3. The van der Waals surface area contributed by atoms with Gasteiger partial charge in [-0.3, -0.25) is 15.5 Å². The fourth-order valence-corrected chi connectivity index (χ4v) is 1.74. The van der Waals surface area contributed by atoms with Gasteiger partial charge in [0.2, 0.25) is 0 Å². The van der Waals surface area contributed by atoms with Gasteiger partial charge in [-0.2, -0.15) is 0 Å².